The summed E-state index contributed by atoms with van der Waals surface area (Å²) < 4.78 is 10.8. The van der Waals surface area contributed by atoms with Crippen molar-refractivity contribution in [3.63, 3.8) is 0 Å². The first kappa shape index (κ1) is 113. The van der Waals surface area contributed by atoms with Crippen LogP contribution in [0.1, 0.15) is 22.3 Å². The van der Waals surface area contributed by atoms with Crippen molar-refractivity contribution in [2.24, 2.45) is 0 Å². The van der Waals surface area contributed by atoms with Crippen molar-refractivity contribution < 1.29 is 80.4 Å². The number of nitrogens with zero attached hydrogens (tertiary/aromatic N) is 8. The molecule has 24 rings (SSSR count). The molecular formula is C128H112Ir4N8S4Si4-8. The fraction of sp³-hybridized carbons (Fsp3) is 0.125. The maximum atomic E-state index is 4.61. The molecule has 12 heterocycles. The van der Waals surface area contributed by atoms with Gasteiger partial charge in [0.05, 0.1) is 24.2 Å². The van der Waals surface area contributed by atoms with E-state index in [0.29, 0.717) is 0 Å². The molecule has 0 amide bonds. The van der Waals surface area contributed by atoms with E-state index < -0.39 is 32.3 Å². The molecule has 748 valence electrons. The Hall–Kier alpha value is -11.8. The number of benzene rings is 12. The van der Waals surface area contributed by atoms with Gasteiger partial charge in [0.25, 0.3) is 0 Å². The Bertz CT molecular complexity index is 7970. The van der Waals surface area contributed by atoms with E-state index in [-0.39, 0.29) is 80.4 Å². The molecule has 0 aliphatic carbocycles. The van der Waals surface area contributed by atoms with Crippen LogP contribution in [0.25, 0.3) is 171 Å². The Balaban J connectivity index is 0.000000143. The average molecular weight is 2770 g/mol. The van der Waals surface area contributed by atoms with Crippen LogP contribution in [0.4, 0.5) is 0 Å². The van der Waals surface area contributed by atoms with Gasteiger partial charge in [0.15, 0.2) is 0 Å². The number of thiophene rings is 4. The molecule has 0 spiro atoms. The van der Waals surface area contributed by atoms with Crippen LogP contribution in [-0.4, -0.2) is 72.2 Å². The summed E-state index contributed by atoms with van der Waals surface area (Å²) in [5, 5.41) is 17.0. The normalized spacial score (nSPS) is 11.0. The molecule has 148 heavy (non-hydrogen) atoms. The van der Waals surface area contributed by atoms with Crippen molar-refractivity contribution in [1.82, 2.24) is 39.9 Å². The van der Waals surface area contributed by atoms with Crippen LogP contribution in [0.3, 0.4) is 0 Å². The maximum Gasteiger partial charge on any atom is 0.0794 e. The van der Waals surface area contributed by atoms with Gasteiger partial charge in [0.2, 0.25) is 0 Å². The van der Waals surface area contributed by atoms with Gasteiger partial charge in [-0.25, -0.2) is 0 Å². The quantitative estimate of drug-likeness (QED) is 0.0880. The predicted molar refractivity (Wildman–Crippen MR) is 630 cm³/mol. The van der Waals surface area contributed by atoms with Crippen LogP contribution in [0.15, 0.2) is 389 Å². The van der Waals surface area contributed by atoms with Gasteiger partial charge >= 0.3 is 0 Å². The van der Waals surface area contributed by atoms with E-state index in [1.165, 1.54) is 113 Å². The third-order valence-corrected chi connectivity index (χ3v) is 37.5. The third-order valence-electron chi connectivity index (χ3n) is 24.4. The van der Waals surface area contributed by atoms with Gasteiger partial charge in [0, 0.05) is 157 Å². The molecule has 0 unspecified atom stereocenters. The zero-order valence-corrected chi connectivity index (χ0v) is 102. The Labute approximate surface area is 945 Å². The number of pyridine rings is 8. The SMILES string of the molecule is Cc1ccnc(-c2[c-]cc([Si](C)(C)C)c3c2sc2ccccc23)c1.Cc1ccnc(-c2[c-]ccc3c2sc2c([Si](C)(C)C)cccc23)c1.Cc1ccnc(-c2[c-]ccc3c2sc2cc([Si](C)(C)C)ccc23)c1.Cc1ccnc(-c2[c-]ccc3c2sc2cccc([Si](C)(C)C)c23)c1.[Ir].[Ir].[Ir].[Ir].[c-]1ccccc1-c1ccccn1.[c-]1ccccc1-c1ccccn1.[c-]1ccccc1-c1ccccn1.[c-]1ccccc1-c1ccccn1. The number of hydrogen-bond acceptors (Lipinski definition) is 12. The van der Waals surface area contributed by atoms with Crippen LogP contribution < -0.4 is 20.7 Å². The molecule has 24 aromatic rings. The summed E-state index contributed by atoms with van der Waals surface area (Å²) >= 11 is 7.52. The summed E-state index contributed by atoms with van der Waals surface area (Å²) in [5.41, 5.74) is 21.5. The molecule has 12 aromatic carbocycles. The van der Waals surface area contributed by atoms with E-state index in [1.54, 1.807) is 35.2 Å². The summed E-state index contributed by atoms with van der Waals surface area (Å²) in [6.07, 6.45) is 14.7. The van der Waals surface area contributed by atoms with E-state index in [4.69, 9.17) is 0 Å². The molecule has 0 fully saturated rings. The maximum absolute atomic E-state index is 4.61. The summed E-state index contributed by atoms with van der Waals surface area (Å²) in [6, 6.07) is 142. The summed E-state index contributed by atoms with van der Waals surface area (Å²) in [6.45, 7) is 37.4. The second-order valence-corrected chi connectivity index (χ2v) is 63.8. The Morgan fingerprint density at radius 1 is 0.203 bits per heavy atom. The van der Waals surface area contributed by atoms with Crippen molar-refractivity contribution >= 4 is 179 Å². The molecule has 0 N–H and O–H groups in total. The Morgan fingerprint density at radius 3 is 0.926 bits per heavy atom. The predicted octanol–water partition coefficient (Wildman–Crippen LogP) is 33.3. The van der Waals surface area contributed by atoms with Gasteiger partial charge in [-0.05, 0) is 186 Å². The van der Waals surface area contributed by atoms with E-state index >= 15 is 0 Å². The van der Waals surface area contributed by atoms with Crippen molar-refractivity contribution in [3.8, 4) is 90.1 Å². The smallest absolute Gasteiger partial charge is 0.0794 e. The van der Waals surface area contributed by atoms with Gasteiger partial charge in [-0.2, -0.15) is 45.3 Å². The first-order chi connectivity index (χ1) is 69.6. The van der Waals surface area contributed by atoms with Crippen molar-refractivity contribution in [3.05, 3.63) is 460 Å². The van der Waals surface area contributed by atoms with Gasteiger partial charge in [-0.3, -0.25) is 0 Å². The minimum Gasteiger partial charge on any atom is -0.305 e. The van der Waals surface area contributed by atoms with Crippen LogP contribution in [0, 0.1) is 76.2 Å². The number of rotatable bonds is 12. The van der Waals surface area contributed by atoms with Crippen molar-refractivity contribution in [2.45, 2.75) is 106 Å². The van der Waals surface area contributed by atoms with E-state index in [0.717, 1.165) is 90.1 Å². The molecule has 0 aliphatic rings. The monoisotopic (exact) mass is 2770 g/mol. The van der Waals surface area contributed by atoms with E-state index in [1.807, 2.05) is 276 Å². The molecule has 8 nitrogen and oxygen atoms in total. The summed E-state index contributed by atoms with van der Waals surface area (Å²) in [4.78, 5) is 35.2. The molecule has 0 aliphatic heterocycles. The molecule has 4 radical (unpaired) electrons. The Morgan fingerprint density at radius 2 is 0.534 bits per heavy atom. The van der Waals surface area contributed by atoms with Gasteiger partial charge in [-0.15, -0.1) is 238 Å². The summed E-state index contributed by atoms with van der Waals surface area (Å²) in [5.74, 6) is 0. The molecule has 0 bridgehead atoms. The molecule has 20 heteroatoms. The van der Waals surface area contributed by atoms with E-state index in [2.05, 4.69) is 328 Å². The third kappa shape index (κ3) is 28.1. The van der Waals surface area contributed by atoms with Crippen LogP contribution >= 0.6 is 45.3 Å². The molecule has 0 saturated carbocycles. The zero-order chi connectivity index (χ0) is 100. The number of hydrogen-bond donors (Lipinski definition) is 0. The fourth-order valence-corrected chi connectivity index (χ4v) is 29.1. The zero-order valence-electron chi connectivity index (χ0n) is 85.5. The average Bonchev–Trinajstić information content (AvgIpc) is 1.60. The van der Waals surface area contributed by atoms with Crippen LogP contribution in [-0.2, 0) is 80.4 Å². The molecule has 12 aromatic heterocycles. The van der Waals surface area contributed by atoms with Crippen LogP contribution in [0.2, 0.25) is 78.6 Å². The topological polar surface area (TPSA) is 103 Å². The number of aromatic nitrogens is 8. The second kappa shape index (κ2) is 52.1. The van der Waals surface area contributed by atoms with Gasteiger partial charge < -0.3 is 39.9 Å². The van der Waals surface area contributed by atoms with Crippen molar-refractivity contribution in [1.29, 1.82) is 0 Å². The minimum absolute atomic E-state index is 0. The number of aryl methyl sites for hydroxylation is 4. The minimum atomic E-state index is -1.46. The van der Waals surface area contributed by atoms with Gasteiger partial charge in [0.1, 0.15) is 0 Å². The number of fused-ring (bicyclic) bond motifs is 12. The van der Waals surface area contributed by atoms with Gasteiger partial charge in [-0.1, -0.05) is 266 Å². The van der Waals surface area contributed by atoms with E-state index in [9.17, 15) is 0 Å². The largest absolute Gasteiger partial charge is 0.305 e. The first-order valence-electron chi connectivity index (χ1n) is 48.4. The standard InChI is InChI=1S/4C21H20NSSi.4C11H8N.4Ir/c1-14-11-12-22-18(13-14)17-9-5-7-15-16-8-6-10-19(24(2,3)4)21(16)23-20(15)17;1-14-11-12-22-17(13-14)15-7-5-8-16-20-18(23-21(15)16)9-6-10-19(20)24(2,3)4;1-14-10-11-22-19(12-14)18-7-5-6-17-16-9-8-15(24(2,3)4)13-20(16)23-21(17)18;1-14-11-12-22-17(13-14)15-9-10-19(24(2,3)4)20-16-7-5-6-8-18(16)23-21(15)20;4*1-2-6-10(7-3-1)11-8-4-5-9-12-11;;;;/h5-8,10-13H,1-4H3;2*5-6,8-13H,1-4H3;5-8,10-13H,1-4H3;4*1-6,8-9H;;;;/q8*-1;;;;. The molecule has 0 saturated heterocycles. The second-order valence-electron chi connectivity index (χ2n) is 39.4. The fourth-order valence-electron chi connectivity index (χ4n) is 17.1. The molecule has 0 atom stereocenters. The summed E-state index contributed by atoms with van der Waals surface area (Å²) in [7, 11) is -5.54. The Kier molecular flexibility index (Phi) is 39.9. The van der Waals surface area contributed by atoms with Crippen LogP contribution in [0.5, 0.6) is 0 Å². The first-order valence-corrected chi connectivity index (χ1v) is 65.6. The molecular weight excluding hydrogens is 2660 g/mol. The van der Waals surface area contributed by atoms with Crippen molar-refractivity contribution in [2.75, 3.05) is 0 Å².